The zero-order valence-electron chi connectivity index (χ0n) is 11.0. The summed E-state index contributed by atoms with van der Waals surface area (Å²) in [6.45, 7) is 5.08. The van der Waals surface area contributed by atoms with E-state index in [4.69, 9.17) is 10.5 Å². The van der Waals surface area contributed by atoms with Crippen LogP contribution in [0.5, 0.6) is 0 Å². The van der Waals surface area contributed by atoms with Crippen LogP contribution >= 0.6 is 12.4 Å². The third-order valence-corrected chi connectivity index (χ3v) is 3.03. The number of hydrogen-bond donors (Lipinski definition) is 1. The summed E-state index contributed by atoms with van der Waals surface area (Å²) in [6.07, 6.45) is 0. The quantitative estimate of drug-likeness (QED) is 0.863. The molecule has 3 nitrogen and oxygen atoms in total. The first-order valence-corrected chi connectivity index (χ1v) is 5.40. The molecule has 18 heavy (non-hydrogen) atoms. The Morgan fingerprint density at radius 3 is 2.44 bits per heavy atom. The average molecular weight is 276 g/mol. The van der Waals surface area contributed by atoms with E-state index in [1.54, 1.807) is 32.9 Å². The van der Waals surface area contributed by atoms with Gasteiger partial charge in [0.1, 0.15) is 5.82 Å². The Balaban J connectivity index is 0.00000289. The summed E-state index contributed by atoms with van der Waals surface area (Å²) in [4.78, 5) is 11.6. The van der Waals surface area contributed by atoms with Crippen molar-refractivity contribution in [3.05, 3.63) is 35.1 Å². The maximum absolute atomic E-state index is 13.2. The largest absolute Gasteiger partial charge is 0.469 e. The van der Waals surface area contributed by atoms with Gasteiger partial charge in [-0.2, -0.15) is 0 Å². The van der Waals surface area contributed by atoms with Crippen LogP contribution in [0, 0.1) is 18.2 Å². The molecule has 102 valence electrons. The van der Waals surface area contributed by atoms with Crippen molar-refractivity contribution in [3.63, 3.8) is 0 Å². The lowest BCUT2D eigenvalue weighted by Crippen LogP contribution is -2.37. The second kappa shape index (κ2) is 6.16. The summed E-state index contributed by atoms with van der Waals surface area (Å²) in [7, 11) is 1.33. The molecule has 0 radical (unpaired) electrons. The molecular formula is C13H19ClFNO2. The molecule has 0 unspecified atom stereocenters. The van der Waals surface area contributed by atoms with Gasteiger partial charge in [-0.1, -0.05) is 12.1 Å². The van der Waals surface area contributed by atoms with Crippen molar-refractivity contribution >= 4 is 18.4 Å². The minimum atomic E-state index is -0.848. The molecule has 2 N–H and O–H groups in total. The van der Waals surface area contributed by atoms with Crippen molar-refractivity contribution < 1.29 is 13.9 Å². The molecule has 0 fully saturated rings. The van der Waals surface area contributed by atoms with Gasteiger partial charge in [-0.3, -0.25) is 4.79 Å². The third kappa shape index (κ3) is 3.21. The van der Waals surface area contributed by atoms with Crippen LogP contribution in [0.2, 0.25) is 0 Å². The van der Waals surface area contributed by atoms with Gasteiger partial charge in [-0.05, 0) is 38.0 Å². The fourth-order valence-electron chi connectivity index (χ4n) is 1.67. The van der Waals surface area contributed by atoms with Crippen molar-refractivity contribution in [1.29, 1.82) is 0 Å². The first-order valence-electron chi connectivity index (χ1n) is 5.40. The normalized spacial score (nSPS) is 12.6. The lowest BCUT2D eigenvalue weighted by atomic mass is 9.81. The van der Waals surface area contributed by atoms with Gasteiger partial charge in [0, 0.05) is 6.04 Å². The molecule has 0 aromatic heterocycles. The highest BCUT2D eigenvalue weighted by molar-refractivity contribution is 5.85. The summed E-state index contributed by atoms with van der Waals surface area (Å²) in [5.74, 6) is -0.663. The molecule has 0 aliphatic heterocycles. The molecule has 0 aliphatic rings. The van der Waals surface area contributed by atoms with Gasteiger partial charge in [0.05, 0.1) is 12.5 Å². The number of ether oxygens (including phenoxy) is 1. The molecule has 0 saturated heterocycles. The van der Waals surface area contributed by atoms with E-state index in [9.17, 15) is 9.18 Å². The third-order valence-electron chi connectivity index (χ3n) is 3.03. The smallest absolute Gasteiger partial charge is 0.313 e. The second-order valence-corrected chi connectivity index (χ2v) is 4.70. The highest BCUT2D eigenvalue weighted by Crippen LogP contribution is 2.33. The molecular weight excluding hydrogens is 257 g/mol. The van der Waals surface area contributed by atoms with Crippen molar-refractivity contribution in [2.45, 2.75) is 26.8 Å². The highest BCUT2D eigenvalue weighted by atomic mass is 35.5. The number of aryl methyl sites for hydroxylation is 1. The van der Waals surface area contributed by atoms with E-state index in [0.717, 1.165) is 5.56 Å². The van der Waals surface area contributed by atoms with Crippen molar-refractivity contribution in [2.75, 3.05) is 7.11 Å². The predicted molar refractivity (Wildman–Crippen MR) is 71.1 cm³/mol. The number of halogens is 2. The van der Waals surface area contributed by atoms with Crippen molar-refractivity contribution in [3.8, 4) is 0 Å². The highest BCUT2D eigenvalue weighted by Gasteiger charge is 2.36. The lowest BCUT2D eigenvalue weighted by Gasteiger charge is -2.29. The summed E-state index contributed by atoms with van der Waals surface area (Å²) in [5.41, 5.74) is 6.43. The molecule has 1 aromatic rings. The van der Waals surface area contributed by atoms with Crippen LogP contribution in [0.15, 0.2) is 18.2 Å². The second-order valence-electron chi connectivity index (χ2n) is 4.70. The molecule has 0 heterocycles. The number of benzene rings is 1. The van der Waals surface area contributed by atoms with Crippen LogP contribution in [0.3, 0.4) is 0 Å². The topological polar surface area (TPSA) is 52.3 Å². The van der Waals surface area contributed by atoms with Crippen LogP contribution in [-0.4, -0.2) is 13.1 Å². The van der Waals surface area contributed by atoms with Crippen molar-refractivity contribution in [2.24, 2.45) is 11.1 Å². The monoisotopic (exact) mass is 275 g/mol. The molecule has 5 heteroatoms. The standard InChI is InChI=1S/C13H18FNO2.ClH/c1-8-7-9(5-6-10(8)14)11(15)13(2,3)12(16)17-4;/h5-7,11H,15H2,1-4H3;1H/t11-;/m1./s1. The predicted octanol–water partition coefficient (Wildman–Crippen LogP) is 2.75. The van der Waals surface area contributed by atoms with E-state index in [-0.39, 0.29) is 24.2 Å². The van der Waals surface area contributed by atoms with E-state index < -0.39 is 11.5 Å². The summed E-state index contributed by atoms with van der Waals surface area (Å²) >= 11 is 0. The number of methoxy groups -OCH3 is 1. The molecule has 0 saturated carbocycles. The molecule has 0 bridgehead atoms. The van der Waals surface area contributed by atoms with Crippen LogP contribution in [0.4, 0.5) is 4.39 Å². The van der Waals surface area contributed by atoms with Gasteiger partial charge in [0.15, 0.2) is 0 Å². The van der Waals surface area contributed by atoms with Crippen LogP contribution in [0.25, 0.3) is 0 Å². The van der Waals surface area contributed by atoms with Gasteiger partial charge >= 0.3 is 5.97 Å². The molecule has 1 atom stereocenters. The minimum Gasteiger partial charge on any atom is -0.469 e. The Hall–Kier alpha value is -1.13. The van der Waals surface area contributed by atoms with E-state index >= 15 is 0 Å². The molecule has 0 amide bonds. The summed E-state index contributed by atoms with van der Waals surface area (Å²) in [6, 6.07) is 4.08. The van der Waals surface area contributed by atoms with E-state index in [1.165, 1.54) is 13.2 Å². The molecule has 1 rings (SSSR count). The number of nitrogens with two attached hydrogens (primary N) is 1. The van der Waals surface area contributed by atoms with Gasteiger partial charge < -0.3 is 10.5 Å². The number of carbonyl (C=O) groups excluding carboxylic acids is 1. The molecule has 0 spiro atoms. The Morgan fingerprint density at radius 2 is 2.00 bits per heavy atom. The van der Waals surface area contributed by atoms with E-state index in [0.29, 0.717) is 5.56 Å². The Morgan fingerprint density at radius 1 is 1.44 bits per heavy atom. The van der Waals surface area contributed by atoms with Crippen molar-refractivity contribution in [1.82, 2.24) is 0 Å². The van der Waals surface area contributed by atoms with Gasteiger partial charge in [-0.15, -0.1) is 12.4 Å². The molecule has 1 aromatic carbocycles. The van der Waals surface area contributed by atoms with Crippen LogP contribution < -0.4 is 5.73 Å². The zero-order chi connectivity index (χ0) is 13.2. The Labute approximate surface area is 113 Å². The summed E-state index contributed by atoms with van der Waals surface area (Å²) < 4.78 is 17.9. The number of rotatable bonds is 3. The average Bonchev–Trinajstić information content (AvgIpc) is 2.30. The maximum Gasteiger partial charge on any atom is 0.313 e. The molecule has 0 aliphatic carbocycles. The number of hydrogen-bond acceptors (Lipinski definition) is 3. The van der Waals surface area contributed by atoms with Gasteiger partial charge in [-0.25, -0.2) is 4.39 Å². The number of carbonyl (C=O) groups is 1. The van der Waals surface area contributed by atoms with E-state index in [2.05, 4.69) is 0 Å². The number of esters is 1. The lowest BCUT2D eigenvalue weighted by molar-refractivity contribution is -0.152. The summed E-state index contributed by atoms with van der Waals surface area (Å²) in [5, 5.41) is 0. The fraction of sp³-hybridized carbons (Fsp3) is 0.462. The first kappa shape index (κ1) is 16.9. The zero-order valence-corrected chi connectivity index (χ0v) is 11.8. The van der Waals surface area contributed by atoms with Crippen LogP contribution in [-0.2, 0) is 9.53 Å². The maximum atomic E-state index is 13.2. The fourth-order valence-corrected chi connectivity index (χ4v) is 1.67. The van der Waals surface area contributed by atoms with Gasteiger partial charge in [0.2, 0.25) is 0 Å². The minimum absolute atomic E-state index is 0. The van der Waals surface area contributed by atoms with Gasteiger partial charge in [0.25, 0.3) is 0 Å². The SMILES string of the molecule is COC(=O)C(C)(C)[C@H](N)c1ccc(F)c(C)c1.Cl. The van der Waals surface area contributed by atoms with E-state index in [1.807, 2.05) is 0 Å². The first-order chi connectivity index (χ1) is 7.80. The van der Waals surface area contributed by atoms with Crippen LogP contribution in [0.1, 0.15) is 31.0 Å². The Kier molecular flexibility index (Phi) is 5.77. The Bertz CT molecular complexity index is 435.